The number of benzene rings is 1. The fraction of sp³-hybridized carbons (Fsp3) is 0.421. The Morgan fingerprint density at radius 3 is 2.50 bits per heavy atom. The van der Waals surface area contributed by atoms with Crippen LogP contribution < -0.4 is 20.7 Å². The number of rotatable bonds is 7. The van der Waals surface area contributed by atoms with Crippen molar-refractivity contribution < 1.29 is 9.47 Å². The molecule has 1 aromatic carbocycles. The van der Waals surface area contributed by atoms with Crippen LogP contribution in [0.15, 0.2) is 27.8 Å². The summed E-state index contributed by atoms with van der Waals surface area (Å²) in [6.07, 6.45) is 0.885. The maximum Gasteiger partial charge on any atom is 0.352 e. The molecule has 1 aromatic rings. The highest BCUT2D eigenvalue weighted by molar-refractivity contribution is 5.63. The topological polar surface area (TPSA) is 101 Å². The highest BCUT2D eigenvalue weighted by Crippen LogP contribution is 2.32. The number of ether oxygens (including phenoxy) is 2. The first-order valence-corrected chi connectivity index (χ1v) is 9.26. The minimum absolute atomic E-state index is 0.0956. The van der Waals surface area contributed by atoms with E-state index in [0.29, 0.717) is 42.6 Å². The molecule has 28 heavy (non-hydrogen) atoms. The molecule has 9 heteroatoms. The number of nitrogens with zero attached hydrogens (tertiary/aromatic N) is 5. The molecule has 0 aliphatic carbocycles. The normalized spacial score (nSPS) is 11.0. The van der Waals surface area contributed by atoms with Crippen molar-refractivity contribution in [3.05, 3.63) is 39.0 Å². The Morgan fingerprint density at radius 2 is 1.82 bits per heavy atom. The van der Waals surface area contributed by atoms with E-state index in [2.05, 4.69) is 15.1 Å². The monoisotopic (exact) mass is 385 g/mol. The minimum atomic E-state index is -0.632. The van der Waals surface area contributed by atoms with Crippen molar-refractivity contribution in [2.45, 2.75) is 33.7 Å². The van der Waals surface area contributed by atoms with Gasteiger partial charge in [0.2, 0.25) is 0 Å². The van der Waals surface area contributed by atoms with Gasteiger partial charge in [-0.25, -0.2) is 14.5 Å². The highest BCUT2D eigenvalue weighted by Gasteiger charge is 2.21. The molecule has 2 aliphatic heterocycles. The van der Waals surface area contributed by atoms with E-state index in [1.165, 1.54) is 11.7 Å². The Labute approximate surface area is 161 Å². The second kappa shape index (κ2) is 8.20. The molecule has 0 radical (unpaired) electrons. The third kappa shape index (κ3) is 3.60. The van der Waals surface area contributed by atoms with E-state index >= 15 is 0 Å². The third-order valence-corrected chi connectivity index (χ3v) is 4.15. The van der Waals surface area contributed by atoms with Gasteiger partial charge in [-0.1, -0.05) is 6.92 Å². The molecule has 0 amide bonds. The molecular weight excluding hydrogens is 362 g/mol. The maximum absolute atomic E-state index is 12.5. The lowest BCUT2D eigenvalue weighted by Crippen LogP contribution is -2.37. The molecule has 0 spiro atoms. The molecule has 0 atom stereocenters. The Bertz CT molecular complexity index is 1070. The molecule has 0 unspecified atom stereocenters. The molecule has 0 N–H and O–H groups in total. The van der Waals surface area contributed by atoms with Gasteiger partial charge in [-0.05, 0) is 38.5 Å². The average Bonchev–Trinajstić information content (AvgIpc) is 2.71. The van der Waals surface area contributed by atoms with Crippen molar-refractivity contribution in [2.75, 3.05) is 13.2 Å². The molecule has 0 bridgehead atoms. The molecule has 9 nitrogen and oxygen atoms in total. The SMILES string of the molecule is CCCOc1ccc(-c2nc3c(=O)n(C)c(=O)nc-3n(CC)n2)cc1OCC. The molecular formula is C19H23N5O4. The lowest BCUT2D eigenvalue weighted by molar-refractivity contribution is 0.277. The van der Waals surface area contributed by atoms with E-state index in [9.17, 15) is 9.59 Å². The van der Waals surface area contributed by atoms with Crippen LogP contribution in [0.25, 0.3) is 22.9 Å². The summed E-state index contributed by atoms with van der Waals surface area (Å²) in [7, 11) is 1.38. The molecule has 0 aromatic heterocycles. The molecule has 0 fully saturated rings. The van der Waals surface area contributed by atoms with E-state index in [-0.39, 0.29) is 11.5 Å². The van der Waals surface area contributed by atoms with Gasteiger partial charge in [0, 0.05) is 19.2 Å². The van der Waals surface area contributed by atoms with Crippen LogP contribution in [-0.4, -0.2) is 37.5 Å². The average molecular weight is 385 g/mol. The maximum atomic E-state index is 12.5. The van der Waals surface area contributed by atoms with Crippen LogP contribution in [0, 0.1) is 0 Å². The molecule has 0 saturated carbocycles. The molecule has 3 rings (SSSR count). The zero-order valence-corrected chi connectivity index (χ0v) is 16.4. The van der Waals surface area contributed by atoms with Crippen molar-refractivity contribution in [3.8, 4) is 34.4 Å². The van der Waals surface area contributed by atoms with Crippen LogP contribution in [-0.2, 0) is 13.6 Å². The van der Waals surface area contributed by atoms with Crippen molar-refractivity contribution >= 4 is 0 Å². The summed E-state index contributed by atoms with van der Waals surface area (Å²) in [6, 6.07) is 5.40. The molecule has 148 valence electrons. The minimum Gasteiger partial charge on any atom is -0.490 e. The van der Waals surface area contributed by atoms with Crippen molar-refractivity contribution in [1.29, 1.82) is 0 Å². The van der Waals surface area contributed by atoms with Crippen molar-refractivity contribution in [1.82, 2.24) is 24.3 Å². The van der Waals surface area contributed by atoms with Crippen LogP contribution in [0.3, 0.4) is 0 Å². The Balaban J connectivity index is 2.18. The summed E-state index contributed by atoms with van der Waals surface area (Å²) in [5.74, 6) is 1.74. The Hall–Kier alpha value is -3.23. The van der Waals surface area contributed by atoms with Crippen LogP contribution in [0.1, 0.15) is 27.2 Å². The van der Waals surface area contributed by atoms with Gasteiger partial charge in [-0.15, -0.1) is 0 Å². The first kappa shape index (κ1) is 19.5. The van der Waals surface area contributed by atoms with Crippen molar-refractivity contribution in [3.63, 3.8) is 0 Å². The zero-order valence-electron chi connectivity index (χ0n) is 16.4. The summed E-state index contributed by atoms with van der Waals surface area (Å²) < 4.78 is 13.9. The number of hydrogen-bond acceptors (Lipinski definition) is 7. The second-order valence-corrected chi connectivity index (χ2v) is 6.12. The van der Waals surface area contributed by atoms with Gasteiger partial charge < -0.3 is 9.47 Å². The van der Waals surface area contributed by atoms with Gasteiger partial charge in [0.25, 0.3) is 5.56 Å². The predicted molar refractivity (Wildman–Crippen MR) is 104 cm³/mol. The number of hydrogen-bond donors (Lipinski definition) is 0. The van der Waals surface area contributed by atoms with Gasteiger partial charge in [-0.3, -0.25) is 9.36 Å². The van der Waals surface area contributed by atoms with Gasteiger partial charge in [-0.2, -0.15) is 10.1 Å². The first-order valence-electron chi connectivity index (χ1n) is 9.26. The summed E-state index contributed by atoms with van der Waals surface area (Å²) in [6.45, 7) is 7.28. The van der Waals surface area contributed by atoms with Gasteiger partial charge in [0.05, 0.1) is 13.2 Å². The van der Waals surface area contributed by atoms with Gasteiger partial charge >= 0.3 is 5.69 Å². The smallest absolute Gasteiger partial charge is 0.352 e. The zero-order chi connectivity index (χ0) is 20.3. The second-order valence-electron chi connectivity index (χ2n) is 6.12. The Kier molecular flexibility index (Phi) is 5.72. The third-order valence-electron chi connectivity index (χ3n) is 4.15. The summed E-state index contributed by atoms with van der Waals surface area (Å²) in [5.41, 5.74) is -0.372. The van der Waals surface area contributed by atoms with Crippen LogP contribution in [0.5, 0.6) is 11.5 Å². The standard InChI is InChI=1S/C19H23N5O4/c1-5-10-28-13-9-8-12(11-14(13)27-7-3)16-20-15-17(24(6-2)22-16)21-19(26)23(4)18(15)25/h8-9,11H,5-7,10H2,1-4H3. The van der Waals surface area contributed by atoms with E-state index in [4.69, 9.17) is 9.47 Å². The largest absolute Gasteiger partial charge is 0.490 e. The van der Waals surface area contributed by atoms with E-state index in [1.807, 2.05) is 26.8 Å². The van der Waals surface area contributed by atoms with Crippen molar-refractivity contribution in [2.24, 2.45) is 7.05 Å². The number of aromatic nitrogens is 5. The van der Waals surface area contributed by atoms with E-state index < -0.39 is 11.2 Å². The molecule has 2 aliphatic rings. The van der Waals surface area contributed by atoms with E-state index in [1.54, 1.807) is 12.1 Å². The molecule has 0 saturated heterocycles. The van der Waals surface area contributed by atoms with Crippen LogP contribution >= 0.6 is 0 Å². The fourth-order valence-electron chi connectivity index (χ4n) is 2.72. The van der Waals surface area contributed by atoms with Crippen LogP contribution in [0.2, 0.25) is 0 Å². The van der Waals surface area contributed by atoms with Gasteiger partial charge in [0.15, 0.2) is 28.8 Å². The Morgan fingerprint density at radius 1 is 1.04 bits per heavy atom. The predicted octanol–water partition coefficient (Wildman–Crippen LogP) is 1.71. The lowest BCUT2D eigenvalue weighted by atomic mass is 10.2. The quantitative estimate of drug-likeness (QED) is 0.610. The number of fused-ring (bicyclic) bond motifs is 1. The lowest BCUT2D eigenvalue weighted by Gasteiger charge is -2.15. The summed E-state index contributed by atoms with van der Waals surface area (Å²) in [5, 5.41) is 4.45. The van der Waals surface area contributed by atoms with Crippen LogP contribution in [0.4, 0.5) is 0 Å². The summed E-state index contributed by atoms with van der Waals surface area (Å²) in [4.78, 5) is 32.7. The fourth-order valence-corrected chi connectivity index (χ4v) is 2.72. The van der Waals surface area contributed by atoms with Gasteiger partial charge in [0.1, 0.15) is 0 Å². The first-order chi connectivity index (χ1) is 13.5. The van der Waals surface area contributed by atoms with E-state index in [0.717, 1.165) is 11.0 Å². The molecule has 2 heterocycles. The highest BCUT2D eigenvalue weighted by atomic mass is 16.5. The summed E-state index contributed by atoms with van der Waals surface area (Å²) >= 11 is 0. The number of aryl methyl sites for hydroxylation is 1.